The number of hydrogen-bond donors (Lipinski definition) is 0. The highest BCUT2D eigenvalue weighted by atomic mass is 15.2. The lowest BCUT2D eigenvalue weighted by Gasteiger charge is -2.32. The number of para-hydroxylation sites is 2. The molecule has 2 heteroatoms. The van der Waals surface area contributed by atoms with Crippen LogP contribution in [0.5, 0.6) is 0 Å². The monoisotopic (exact) mass is 462 g/mol. The Morgan fingerprint density at radius 3 is 2.06 bits per heavy atom. The van der Waals surface area contributed by atoms with Crippen molar-refractivity contribution >= 4 is 44.0 Å². The van der Waals surface area contributed by atoms with Gasteiger partial charge in [0, 0.05) is 27.8 Å². The molecule has 1 aromatic heterocycles. The third-order valence-electron chi connectivity index (χ3n) is 7.25. The van der Waals surface area contributed by atoms with E-state index in [9.17, 15) is 0 Å². The number of aromatic nitrogens is 1. The standard InChI is InChI=1S/C34H26N2/c1-3-13-27(14-4-1)35(28-15-5-2-6-16-28)29-19-21-30(22-20-29)36-33-18-10-9-17-31(33)32-23-25-11-7-8-12-26(25)24-34(32)36/h1-15,17-24,28H,16H2. The van der Waals surface area contributed by atoms with Gasteiger partial charge in [0.25, 0.3) is 0 Å². The molecule has 1 unspecified atom stereocenters. The van der Waals surface area contributed by atoms with Gasteiger partial charge in [-0.3, -0.25) is 0 Å². The number of allylic oxidation sites excluding steroid dienone is 2. The molecule has 0 N–H and O–H groups in total. The minimum atomic E-state index is 0.294. The third kappa shape index (κ3) is 3.42. The lowest BCUT2D eigenvalue weighted by molar-refractivity contribution is 0.785. The van der Waals surface area contributed by atoms with Crippen LogP contribution in [-0.2, 0) is 0 Å². The van der Waals surface area contributed by atoms with Crippen molar-refractivity contribution in [2.75, 3.05) is 4.90 Å². The van der Waals surface area contributed by atoms with Gasteiger partial charge in [0.05, 0.1) is 17.1 Å². The van der Waals surface area contributed by atoms with Crippen LogP contribution in [0.1, 0.15) is 6.42 Å². The second kappa shape index (κ2) is 8.58. The van der Waals surface area contributed by atoms with Crippen LogP contribution >= 0.6 is 0 Å². The quantitative estimate of drug-likeness (QED) is 0.254. The lowest BCUT2D eigenvalue weighted by atomic mass is 10.0. The van der Waals surface area contributed by atoms with Crippen LogP contribution in [-0.4, -0.2) is 10.6 Å². The zero-order valence-electron chi connectivity index (χ0n) is 20.0. The molecule has 0 radical (unpaired) electrons. The van der Waals surface area contributed by atoms with Crippen molar-refractivity contribution in [2.45, 2.75) is 12.5 Å². The number of anilines is 2. The predicted octanol–water partition coefficient (Wildman–Crippen LogP) is 8.96. The Morgan fingerprint density at radius 1 is 0.583 bits per heavy atom. The summed E-state index contributed by atoms with van der Waals surface area (Å²) in [6.07, 6.45) is 9.82. The Morgan fingerprint density at radius 2 is 1.28 bits per heavy atom. The number of hydrogen-bond acceptors (Lipinski definition) is 1. The first-order chi connectivity index (χ1) is 17.9. The van der Waals surface area contributed by atoms with Crippen molar-refractivity contribution in [1.82, 2.24) is 4.57 Å². The second-order valence-electron chi connectivity index (χ2n) is 9.41. The summed E-state index contributed by atoms with van der Waals surface area (Å²) in [5.41, 5.74) is 6.05. The van der Waals surface area contributed by atoms with Crippen LogP contribution < -0.4 is 4.90 Å². The highest BCUT2D eigenvalue weighted by Crippen LogP contribution is 2.36. The van der Waals surface area contributed by atoms with E-state index < -0.39 is 0 Å². The van der Waals surface area contributed by atoms with Gasteiger partial charge >= 0.3 is 0 Å². The molecule has 0 saturated heterocycles. The summed E-state index contributed by atoms with van der Waals surface area (Å²) in [6.45, 7) is 0. The molecule has 0 amide bonds. The Bertz CT molecular complexity index is 1750. The molecule has 1 heterocycles. The smallest absolute Gasteiger partial charge is 0.0559 e. The van der Waals surface area contributed by atoms with Crippen molar-refractivity contribution in [3.8, 4) is 5.69 Å². The fraction of sp³-hybridized carbons (Fsp3) is 0.0588. The van der Waals surface area contributed by atoms with E-state index >= 15 is 0 Å². The summed E-state index contributed by atoms with van der Waals surface area (Å²) in [5.74, 6) is 0. The predicted molar refractivity (Wildman–Crippen MR) is 154 cm³/mol. The largest absolute Gasteiger partial charge is 0.334 e. The Kier molecular flexibility index (Phi) is 4.96. The molecule has 0 fully saturated rings. The lowest BCUT2D eigenvalue weighted by Crippen LogP contribution is -2.29. The number of nitrogens with zero attached hydrogens (tertiary/aromatic N) is 2. The number of fused-ring (bicyclic) bond motifs is 4. The minimum Gasteiger partial charge on any atom is -0.334 e. The third-order valence-corrected chi connectivity index (χ3v) is 7.25. The molecule has 1 aliphatic rings. The van der Waals surface area contributed by atoms with E-state index in [0.717, 1.165) is 6.42 Å². The van der Waals surface area contributed by atoms with E-state index in [1.807, 2.05) is 0 Å². The van der Waals surface area contributed by atoms with Gasteiger partial charge in [-0.2, -0.15) is 0 Å². The zero-order chi connectivity index (χ0) is 23.9. The molecule has 0 saturated carbocycles. The first kappa shape index (κ1) is 20.8. The minimum absolute atomic E-state index is 0.294. The summed E-state index contributed by atoms with van der Waals surface area (Å²) < 4.78 is 2.40. The van der Waals surface area contributed by atoms with Crippen molar-refractivity contribution in [3.63, 3.8) is 0 Å². The van der Waals surface area contributed by atoms with Gasteiger partial charge in [0.1, 0.15) is 0 Å². The molecule has 6 aromatic rings. The molecule has 2 nitrogen and oxygen atoms in total. The van der Waals surface area contributed by atoms with Gasteiger partial charge in [-0.05, 0) is 71.8 Å². The first-order valence-electron chi connectivity index (χ1n) is 12.6. The molecule has 0 spiro atoms. The summed E-state index contributed by atoms with van der Waals surface area (Å²) in [6, 6.07) is 42.0. The number of rotatable bonds is 4. The summed E-state index contributed by atoms with van der Waals surface area (Å²) in [5, 5.41) is 5.11. The summed E-state index contributed by atoms with van der Waals surface area (Å²) in [7, 11) is 0. The molecule has 36 heavy (non-hydrogen) atoms. The average molecular weight is 463 g/mol. The second-order valence-corrected chi connectivity index (χ2v) is 9.41. The molecule has 1 atom stereocenters. The van der Waals surface area contributed by atoms with Crippen LogP contribution in [0.3, 0.4) is 0 Å². The van der Waals surface area contributed by atoms with Crippen molar-refractivity contribution < 1.29 is 0 Å². The van der Waals surface area contributed by atoms with Gasteiger partial charge in [-0.25, -0.2) is 0 Å². The SMILES string of the molecule is C1=CCC(N(c2ccccc2)c2ccc(-n3c4ccccc4c4cc5ccccc5cc43)cc2)C=C1. The van der Waals surface area contributed by atoms with Crippen LogP contribution in [0.25, 0.3) is 38.3 Å². The molecule has 1 aliphatic carbocycles. The average Bonchev–Trinajstić information content (AvgIpc) is 3.27. The van der Waals surface area contributed by atoms with Crippen LogP contribution in [0.4, 0.5) is 11.4 Å². The Labute approximate surface area is 211 Å². The maximum absolute atomic E-state index is 2.43. The van der Waals surface area contributed by atoms with Gasteiger partial charge in [-0.1, -0.05) is 85.0 Å². The topological polar surface area (TPSA) is 8.17 Å². The highest BCUT2D eigenvalue weighted by Gasteiger charge is 2.19. The van der Waals surface area contributed by atoms with E-state index in [1.165, 1.54) is 49.6 Å². The fourth-order valence-electron chi connectivity index (χ4n) is 5.58. The van der Waals surface area contributed by atoms with Crippen molar-refractivity contribution in [3.05, 3.63) is 140 Å². The van der Waals surface area contributed by atoms with Gasteiger partial charge in [-0.15, -0.1) is 0 Å². The first-order valence-corrected chi connectivity index (χ1v) is 12.6. The van der Waals surface area contributed by atoms with E-state index in [4.69, 9.17) is 0 Å². The molecular weight excluding hydrogens is 436 g/mol. The number of benzene rings is 5. The maximum Gasteiger partial charge on any atom is 0.0559 e. The molecule has 0 bridgehead atoms. The Balaban J connectivity index is 1.39. The van der Waals surface area contributed by atoms with Crippen molar-refractivity contribution in [1.29, 1.82) is 0 Å². The maximum atomic E-state index is 2.43. The van der Waals surface area contributed by atoms with Crippen LogP contribution in [0.15, 0.2) is 140 Å². The molecule has 0 aliphatic heterocycles. The molecule has 172 valence electrons. The van der Waals surface area contributed by atoms with E-state index in [1.54, 1.807) is 0 Å². The highest BCUT2D eigenvalue weighted by molar-refractivity contribution is 6.13. The Hall–Kier alpha value is -4.56. The van der Waals surface area contributed by atoms with E-state index in [2.05, 4.69) is 149 Å². The summed E-state index contributed by atoms with van der Waals surface area (Å²) >= 11 is 0. The van der Waals surface area contributed by atoms with Crippen LogP contribution in [0.2, 0.25) is 0 Å². The van der Waals surface area contributed by atoms with E-state index in [-0.39, 0.29) is 0 Å². The van der Waals surface area contributed by atoms with Gasteiger partial charge in [0.15, 0.2) is 0 Å². The zero-order valence-corrected chi connectivity index (χ0v) is 20.0. The summed E-state index contributed by atoms with van der Waals surface area (Å²) in [4.78, 5) is 2.43. The normalized spacial score (nSPS) is 15.2. The molecule has 5 aromatic carbocycles. The van der Waals surface area contributed by atoms with Crippen molar-refractivity contribution in [2.24, 2.45) is 0 Å². The van der Waals surface area contributed by atoms with Crippen LogP contribution in [0, 0.1) is 0 Å². The molecule has 7 rings (SSSR count). The molecular formula is C34H26N2. The van der Waals surface area contributed by atoms with Gasteiger partial charge < -0.3 is 9.47 Å². The van der Waals surface area contributed by atoms with E-state index in [0.29, 0.717) is 6.04 Å². The fourth-order valence-corrected chi connectivity index (χ4v) is 5.58. The van der Waals surface area contributed by atoms with Gasteiger partial charge in [0.2, 0.25) is 0 Å².